The first-order chi connectivity index (χ1) is 15.7. The molecule has 4 rings (SSSR count). The van der Waals surface area contributed by atoms with E-state index < -0.39 is 18.8 Å². The fourth-order valence-corrected chi connectivity index (χ4v) is 3.27. The van der Waals surface area contributed by atoms with Gasteiger partial charge in [0.2, 0.25) is 5.88 Å². The molecule has 1 aromatic carbocycles. The van der Waals surface area contributed by atoms with Crippen molar-refractivity contribution in [3.63, 3.8) is 0 Å². The molecule has 3 heterocycles. The van der Waals surface area contributed by atoms with E-state index in [4.69, 9.17) is 4.74 Å². The van der Waals surface area contributed by atoms with E-state index in [1.165, 1.54) is 48.6 Å². The van der Waals surface area contributed by atoms with Crippen LogP contribution < -0.4 is 9.47 Å². The maximum Gasteiger partial charge on any atom is 0.422 e. The van der Waals surface area contributed by atoms with Gasteiger partial charge in [0.1, 0.15) is 5.75 Å². The Morgan fingerprint density at radius 3 is 2.64 bits per heavy atom. The van der Waals surface area contributed by atoms with Crippen LogP contribution in [-0.2, 0) is 13.1 Å². The van der Waals surface area contributed by atoms with Crippen LogP contribution >= 0.6 is 0 Å². The van der Waals surface area contributed by atoms with Crippen LogP contribution in [0.5, 0.6) is 11.6 Å². The van der Waals surface area contributed by atoms with Gasteiger partial charge in [-0.3, -0.25) is 9.78 Å². The monoisotopic (exact) mass is 458 g/mol. The van der Waals surface area contributed by atoms with Crippen molar-refractivity contribution < 1.29 is 32.2 Å². The Balaban J connectivity index is 1.42. The van der Waals surface area contributed by atoms with Crippen LogP contribution in [0.3, 0.4) is 0 Å². The molecule has 3 aromatic rings. The van der Waals surface area contributed by atoms with Gasteiger partial charge in [-0.2, -0.15) is 13.2 Å². The number of aryl methyl sites for hydroxylation is 1. The Labute approximate surface area is 186 Å². The summed E-state index contributed by atoms with van der Waals surface area (Å²) in [4.78, 5) is 38.5. The second kappa shape index (κ2) is 8.85. The fourth-order valence-electron chi connectivity index (χ4n) is 3.27. The number of aromatic nitrogens is 3. The van der Waals surface area contributed by atoms with Crippen molar-refractivity contribution in [3.05, 3.63) is 77.0 Å². The van der Waals surface area contributed by atoms with Gasteiger partial charge in [0.25, 0.3) is 5.91 Å². The molecule has 0 saturated heterocycles. The van der Waals surface area contributed by atoms with Crippen LogP contribution in [0.15, 0.2) is 48.9 Å². The molecular weight excluding hydrogens is 441 g/mol. The number of ether oxygens (including phenoxy) is 2. The maximum atomic E-state index is 12.9. The molecule has 0 unspecified atom stereocenters. The molecule has 0 bridgehead atoms. The zero-order valence-electron chi connectivity index (χ0n) is 17.3. The molecule has 11 heteroatoms. The van der Waals surface area contributed by atoms with Crippen molar-refractivity contribution in [2.75, 3.05) is 6.61 Å². The molecular formula is C22H17F3N4O4. The van der Waals surface area contributed by atoms with E-state index in [2.05, 4.69) is 19.7 Å². The number of halogens is 3. The van der Waals surface area contributed by atoms with Crippen LogP contribution in [0.4, 0.5) is 13.2 Å². The van der Waals surface area contributed by atoms with Crippen molar-refractivity contribution >= 4 is 11.9 Å². The van der Waals surface area contributed by atoms with Gasteiger partial charge in [-0.25, -0.2) is 14.8 Å². The third-order valence-electron chi connectivity index (χ3n) is 4.76. The average molecular weight is 458 g/mol. The molecule has 1 amide bonds. The van der Waals surface area contributed by atoms with Crippen molar-refractivity contribution in [2.45, 2.75) is 26.2 Å². The maximum absolute atomic E-state index is 12.9. The lowest BCUT2D eigenvalue weighted by atomic mass is 10.1. The van der Waals surface area contributed by atoms with E-state index in [1.807, 2.05) is 0 Å². The Morgan fingerprint density at radius 2 is 1.94 bits per heavy atom. The van der Waals surface area contributed by atoms with Crippen LogP contribution in [0.2, 0.25) is 0 Å². The minimum Gasteiger partial charge on any atom is -0.467 e. The Morgan fingerprint density at radius 1 is 1.18 bits per heavy atom. The molecule has 33 heavy (non-hydrogen) atoms. The summed E-state index contributed by atoms with van der Waals surface area (Å²) in [7, 11) is 0. The summed E-state index contributed by atoms with van der Waals surface area (Å²) in [6, 6.07) is 7.84. The van der Waals surface area contributed by atoms with Crippen LogP contribution in [0.1, 0.15) is 37.7 Å². The number of carbonyl (C=O) groups excluding carboxylic acids is 2. The van der Waals surface area contributed by atoms with Crippen LogP contribution in [0, 0.1) is 6.92 Å². The lowest BCUT2D eigenvalue weighted by Crippen LogP contribution is -2.24. The van der Waals surface area contributed by atoms with E-state index in [0.717, 1.165) is 5.56 Å². The predicted octanol–water partition coefficient (Wildman–Crippen LogP) is 3.50. The first-order valence-electron chi connectivity index (χ1n) is 9.76. The number of nitrogens with zero attached hydrogens (tertiary/aromatic N) is 4. The highest BCUT2D eigenvalue weighted by Crippen LogP contribution is 2.28. The molecule has 0 atom stereocenters. The first kappa shape index (κ1) is 22.2. The molecule has 1 aliphatic heterocycles. The van der Waals surface area contributed by atoms with Gasteiger partial charge in [-0.15, -0.1) is 0 Å². The van der Waals surface area contributed by atoms with Gasteiger partial charge in [0.15, 0.2) is 6.61 Å². The Kier molecular flexibility index (Phi) is 5.95. The third-order valence-corrected chi connectivity index (χ3v) is 4.76. The number of pyridine rings is 1. The van der Waals surface area contributed by atoms with E-state index >= 15 is 0 Å². The number of fused-ring (bicyclic) bond motifs is 1. The Bertz CT molecular complexity index is 1200. The van der Waals surface area contributed by atoms with E-state index in [1.54, 1.807) is 12.1 Å². The minimum absolute atomic E-state index is 0.104. The SMILES string of the molecule is Cc1nc(CN2Cc3ccc(OC(=O)c4ccncc4)cc3C2=O)cnc1OCC(F)(F)F. The van der Waals surface area contributed by atoms with Crippen molar-refractivity contribution in [1.82, 2.24) is 19.9 Å². The average Bonchev–Trinajstić information content (AvgIpc) is 3.08. The van der Waals surface area contributed by atoms with Crippen molar-refractivity contribution in [3.8, 4) is 11.6 Å². The van der Waals surface area contributed by atoms with Gasteiger partial charge in [0, 0.05) is 24.5 Å². The number of amides is 1. The molecule has 0 radical (unpaired) electrons. The number of benzene rings is 1. The van der Waals surface area contributed by atoms with Crippen LogP contribution in [0.25, 0.3) is 0 Å². The third kappa shape index (κ3) is 5.25. The molecule has 0 N–H and O–H groups in total. The zero-order valence-corrected chi connectivity index (χ0v) is 17.3. The molecule has 2 aromatic heterocycles. The van der Waals surface area contributed by atoms with Crippen LogP contribution in [-0.4, -0.2) is 44.5 Å². The van der Waals surface area contributed by atoms with Gasteiger partial charge in [-0.05, 0) is 36.8 Å². The Hall–Kier alpha value is -4.02. The minimum atomic E-state index is -4.48. The van der Waals surface area contributed by atoms with Gasteiger partial charge < -0.3 is 14.4 Å². The van der Waals surface area contributed by atoms with E-state index in [-0.39, 0.29) is 29.8 Å². The summed E-state index contributed by atoms with van der Waals surface area (Å²) in [5, 5.41) is 0. The van der Waals surface area contributed by atoms with E-state index in [9.17, 15) is 22.8 Å². The topological polar surface area (TPSA) is 94.5 Å². The number of hydrogen-bond acceptors (Lipinski definition) is 7. The second-order valence-corrected chi connectivity index (χ2v) is 7.26. The highest BCUT2D eigenvalue weighted by Gasteiger charge is 2.30. The predicted molar refractivity (Wildman–Crippen MR) is 108 cm³/mol. The fraction of sp³-hybridized carbons (Fsp3) is 0.227. The smallest absolute Gasteiger partial charge is 0.422 e. The zero-order chi connectivity index (χ0) is 23.6. The number of alkyl halides is 3. The molecule has 0 saturated carbocycles. The quantitative estimate of drug-likeness (QED) is 0.412. The first-order valence-corrected chi connectivity index (χ1v) is 9.76. The number of rotatable bonds is 6. The summed E-state index contributed by atoms with van der Waals surface area (Å²) in [5.74, 6) is -0.845. The summed E-state index contributed by atoms with van der Waals surface area (Å²) < 4.78 is 47.0. The number of esters is 1. The molecule has 0 fully saturated rings. The van der Waals surface area contributed by atoms with Crippen molar-refractivity contribution in [1.29, 1.82) is 0 Å². The number of carbonyl (C=O) groups is 2. The van der Waals surface area contributed by atoms with Gasteiger partial charge >= 0.3 is 12.1 Å². The normalized spacial score (nSPS) is 13.1. The second-order valence-electron chi connectivity index (χ2n) is 7.26. The lowest BCUT2D eigenvalue weighted by molar-refractivity contribution is -0.154. The summed E-state index contributed by atoms with van der Waals surface area (Å²) >= 11 is 0. The summed E-state index contributed by atoms with van der Waals surface area (Å²) in [6.45, 7) is 0.425. The highest BCUT2D eigenvalue weighted by atomic mass is 19.4. The molecule has 8 nitrogen and oxygen atoms in total. The molecule has 0 spiro atoms. The highest BCUT2D eigenvalue weighted by molar-refractivity contribution is 5.99. The lowest BCUT2D eigenvalue weighted by Gasteiger charge is -2.16. The standard InChI is InChI=1S/C22H17F3N4O4/c1-13-19(32-12-22(23,24)25)27-9-16(28-13)11-29-10-15-2-3-17(8-18(15)20(29)30)33-21(31)14-4-6-26-7-5-14/h2-9H,10-12H2,1H3. The van der Waals surface area contributed by atoms with E-state index in [0.29, 0.717) is 23.4 Å². The summed E-state index contributed by atoms with van der Waals surface area (Å²) in [6.07, 6.45) is -0.260. The van der Waals surface area contributed by atoms with Crippen molar-refractivity contribution in [2.24, 2.45) is 0 Å². The molecule has 1 aliphatic rings. The molecule has 0 aliphatic carbocycles. The summed E-state index contributed by atoms with van der Waals surface area (Å²) in [5.41, 5.74) is 2.06. The van der Waals surface area contributed by atoms with Gasteiger partial charge in [-0.1, -0.05) is 6.07 Å². The number of hydrogen-bond donors (Lipinski definition) is 0. The van der Waals surface area contributed by atoms with Gasteiger partial charge in [0.05, 0.1) is 29.7 Å². The molecule has 170 valence electrons. The largest absolute Gasteiger partial charge is 0.467 e.